The molecule has 2 nitrogen and oxygen atoms in total. The predicted molar refractivity (Wildman–Crippen MR) is 79.4 cm³/mol. The smallest absolute Gasteiger partial charge is 0.0637 e. The Bertz CT molecular complexity index is 361. The van der Waals surface area contributed by atoms with Gasteiger partial charge in [-0.1, -0.05) is 43.5 Å². The normalized spacial score (nSPS) is 16.4. The number of hydrogen-bond acceptors (Lipinski definition) is 2. The van der Waals surface area contributed by atoms with E-state index >= 15 is 0 Å². The maximum atomic E-state index is 6.12. The van der Waals surface area contributed by atoms with Crippen LogP contribution in [0.15, 0.2) is 24.3 Å². The SMILES string of the molecule is CCN(CCNc1ccccc1Cl)C1CCCC1. The van der Waals surface area contributed by atoms with Gasteiger partial charge in [0.25, 0.3) is 0 Å². The third-order valence-corrected chi connectivity index (χ3v) is 4.17. The molecular weight excluding hydrogens is 244 g/mol. The molecule has 0 bridgehead atoms. The first-order valence-electron chi connectivity index (χ1n) is 7.03. The van der Waals surface area contributed by atoms with Gasteiger partial charge < -0.3 is 5.32 Å². The van der Waals surface area contributed by atoms with Crippen molar-refractivity contribution in [3.63, 3.8) is 0 Å². The van der Waals surface area contributed by atoms with Gasteiger partial charge in [-0.15, -0.1) is 0 Å². The maximum Gasteiger partial charge on any atom is 0.0637 e. The molecule has 0 aromatic heterocycles. The molecule has 3 heteroatoms. The van der Waals surface area contributed by atoms with Crippen LogP contribution in [0.25, 0.3) is 0 Å². The van der Waals surface area contributed by atoms with E-state index in [-0.39, 0.29) is 0 Å². The van der Waals surface area contributed by atoms with Gasteiger partial charge in [0, 0.05) is 19.1 Å². The Balaban J connectivity index is 1.78. The molecule has 1 aromatic carbocycles. The molecule has 1 N–H and O–H groups in total. The van der Waals surface area contributed by atoms with Crippen LogP contribution in [0.4, 0.5) is 5.69 Å². The van der Waals surface area contributed by atoms with Crippen molar-refractivity contribution in [1.29, 1.82) is 0 Å². The van der Waals surface area contributed by atoms with E-state index in [4.69, 9.17) is 11.6 Å². The summed E-state index contributed by atoms with van der Waals surface area (Å²) >= 11 is 6.12. The van der Waals surface area contributed by atoms with Crippen LogP contribution in [0.1, 0.15) is 32.6 Å². The minimum absolute atomic E-state index is 0.807. The Morgan fingerprint density at radius 3 is 2.67 bits per heavy atom. The van der Waals surface area contributed by atoms with Crippen molar-refractivity contribution in [2.45, 2.75) is 38.6 Å². The topological polar surface area (TPSA) is 15.3 Å². The Morgan fingerprint density at radius 2 is 2.00 bits per heavy atom. The number of rotatable bonds is 6. The van der Waals surface area contributed by atoms with E-state index in [9.17, 15) is 0 Å². The average Bonchev–Trinajstić information content (AvgIpc) is 2.90. The molecule has 100 valence electrons. The van der Waals surface area contributed by atoms with Crippen molar-refractivity contribution < 1.29 is 0 Å². The highest BCUT2D eigenvalue weighted by Crippen LogP contribution is 2.23. The first-order valence-corrected chi connectivity index (χ1v) is 7.41. The second-order valence-electron chi connectivity index (χ2n) is 4.97. The molecule has 0 unspecified atom stereocenters. The predicted octanol–water partition coefficient (Wildman–Crippen LogP) is 4.02. The summed E-state index contributed by atoms with van der Waals surface area (Å²) in [5.74, 6) is 0. The van der Waals surface area contributed by atoms with Crippen LogP contribution in [-0.4, -0.2) is 30.6 Å². The zero-order chi connectivity index (χ0) is 12.8. The lowest BCUT2D eigenvalue weighted by molar-refractivity contribution is 0.217. The van der Waals surface area contributed by atoms with Crippen molar-refractivity contribution in [3.05, 3.63) is 29.3 Å². The number of nitrogens with one attached hydrogen (secondary N) is 1. The molecule has 18 heavy (non-hydrogen) atoms. The summed E-state index contributed by atoms with van der Waals surface area (Å²) in [6.45, 7) is 5.48. The van der Waals surface area contributed by atoms with Crippen LogP contribution in [0.2, 0.25) is 5.02 Å². The largest absolute Gasteiger partial charge is 0.383 e. The molecule has 0 radical (unpaired) electrons. The second kappa shape index (κ2) is 7.01. The summed E-state index contributed by atoms with van der Waals surface area (Å²) in [6.07, 6.45) is 5.55. The Morgan fingerprint density at radius 1 is 1.28 bits per heavy atom. The van der Waals surface area contributed by atoms with Crippen molar-refractivity contribution in [1.82, 2.24) is 4.90 Å². The van der Waals surface area contributed by atoms with Gasteiger partial charge in [0.05, 0.1) is 10.7 Å². The number of para-hydroxylation sites is 1. The summed E-state index contributed by atoms with van der Waals surface area (Å²) in [7, 11) is 0. The van der Waals surface area contributed by atoms with Gasteiger partial charge in [0.15, 0.2) is 0 Å². The highest BCUT2D eigenvalue weighted by atomic mass is 35.5. The highest BCUT2D eigenvalue weighted by Gasteiger charge is 2.20. The van der Waals surface area contributed by atoms with E-state index < -0.39 is 0 Å². The lowest BCUT2D eigenvalue weighted by Gasteiger charge is -2.27. The zero-order valence-corrected chi connectivity index (χ0v) is 11.9. The molecule has 1 aliphatic rings. The number of halogens is 1. The standard InChI is InChI=1S/C15H23ClN2/c1-2-18(13-7-3-4-8-13)12-11-17-15-10-6-5-9-14(15)16/h5-6,9-10,13,17H,2-4,7-8,11-12H2,1H3. The second-order valence-corrected chi connectivity index (χ2v) is 5.38. The minimum atomic E-state index is 0.807. The van der Waals surface area contributed by atoms with Crippen LogP contribution < -0.4 is 5.32 Å². The molecule has 1 aliphatic carbocycles. The molecule has 0 saturated heterocycles. The van der Waals surface area contributed by atoms with Gasteiger partial charge in [-0.3, -0.25) is 4.90 Å². The Kier molecular flexibility index (Phi) is 5.33. The number of hydrogen-bond donors (Lipinski definition) is 1. The number of anilines is 1. The molecular formula is C15H23ClN2. The summed E-state index contributed by atoms with van der Waals surface area (Å²) in [5, 5.41) is 4.23. The summed E-state index contributed by atoms with van der Waals surface area (Å²) < 4.78 is 0. The Labute approximate surface area is 115 Å². The van der Waals surface area contributed by atoms with E-state index in [1.54, 1.807) is 0 Å². The van der Waals surface area contributed by atoms with E-state index in [1.807, 2.05) is 24.3 Å². The van der Waals surface area contributed by atoms with E-state index in [1.165, 1.54) is 25.7 Å². The first-order chi connectivity index (χ1) is 8.81. The fraction of sp³-hybridized carbons (Fsp3) is 0.600. The van der Waals surface area contributed by atoms with Crippen LogP contribution in [0, 0.1) is 0 Å². The number of nitrogens with zero attached hydrogens (tertiary/aromatic N) is 1. The fourth-order valence-corrected chi connectivity index (χ4v) is 3.01. The van der Waals surface area contributed by atoms with Crippen LogP contribution in [0.3, 0.4) is 0 Å². The lowest BCUT2D eigenvalue weighted by Crippen LogP contribution is -2.36. The summed E-state index contributed by atoms with van der Waals surface area (Å²) in [6, 6.07) is 8.75. The summed E-state index contributed by atoms with van der Waals surface area (Å²) in [4.78, 5) is 2.59. The number of likely N-dealkylation sites (N-methyl/N-ethyl adjacent to an activating group) is 1. The van der Waals surface area contributed by atoms with Gasteiger partial charge in [-0.2, -0.15) is 0 Å². The maximum absolute atomic E-state index is 6.12. The fourth-order valence-electron chi connectivity index (χ4n) is 2.81. The van der Waals surface area contributed by atoms with E-state index in [0.29, 0.717) is 0 Å². The molecule has 1 aromatic rings. The monoisotopic (exact) mass is 266 g/mol. The Hall–Kier alpha value is -0.730. The molecule has 0 amide bonds. The summed E-state index contributed by atoms with van der Waals surface area (Å²) in [5.41, 5.74) is 1.04. The van der Waals surface area contributed by atoms with Crippen molar-refractivity contribution in [2.75, 3.05) is 25.0 Å². The third kappa shape index (κ3) is 3.63. The molecule has 1 fully saturated rings. The molecule has 2 rings (SSSR count). The third-order valence-electron chi connectivity index (χ3n) is 3.84. The molecule has 1 saturated carbocycles. The van der Waals surface area contributed by atoms with Gasteiger partial charge >= 0.3 is 0 Å². The van der Waals surface area contributed by atoms with Crippen molar-refractivity contribution >= 4 is 17.3 Å². The minimum Gasteiger partial charge on any atom is -0.383 e. The van der Waals surface area contributed by atoms with Crippen molar-refractivity contribution in [3.8, 4) is 0 Å². The lowest BCUT2D eigenvalue weighted by atomic mass is 10.2. The first kappa shape index (κ1) is 13.7. The highest BCUT2D eigenvalue weighted by molar-refractivity contribution is 6.33. The molecule has 0 aliphatic heterocycles. The van der Waals surface area contributed by atoms with Gasteiger partial charge in [0.2, 0.25) is 0 Å². The molecule has 0 heterocycles. The zero-order valence-electron chi connectivity index (χ0n) is 11.2. The van der Waals surface area contributed by atoms with E-state index in [2.05, 4.69) is 17.1 Å². The quantitative estimate of drug-likeness (QED) is 0.837. The van der Waals surface area contributed by atoms with Crippen LogP contribution in [0.5, 0.6) is 0 Å². The van der Waals surface area contributed by atoms with Gasteiger partial charge in [0.1, 0.15) is 0 Å². The van der Waals surface area contributed by atoms with E-state index in [0.717, 1.165) is 36.4 Å². The van der Waals surface area contributed by atoms with Crippen LogP contribution >= 0.6 is 11.6 Å². The van der Waals surface area contributed by atoms with Crippen molar-refractivity contribution in [2.24, 2.45) is 0 Å². The van der Waals surface area contributed by atoms with Gasteiger partial charge in [-0.05, 0) is 31.5 Å². The molecule has 0 spiro atoms. The molecule has 0 atom stereocenters. The van der Waals surface area contributed by atoms with Gasteiger partial charge in [-0.25, -0.2) is 0 Å². The average molecular weight is 267 g/mol. The van der Waals surface area contributed by atoms with Crippen LogP contribution in [-0.2, 0) is 0 Å². The number of benzene rings is 1.